The Labute approximate surface area is 159 Å². The van der Waals surface area contributed by atoms with Gasteiger partial charge in [-0.1, -0.05) is 65.8 Å². The number of rotatable bonds is 5. The summed E-state index contributed by atoms with van der Waals surface area (Å²) >= 11 is 0. The predicted octanol–water partition coefficient (Wildman–Crippen LogP) is 4.82. The Balaban J connectivity index is -0.000000205. The van der Waals surface area contributed by atoms with Crippen LogP contribution in [0.25, 0.3) is 0 Å². The number of nitrogens with one attached hydrogen (secondary N) is 1. The molecule has 26 heavy (non-hydrogen) atoms. The number of hydrogen-bond donors (Lipinski definition) is 1. The molecule has 5 nitrogen and oxygen atoms in total. The van der Waals surface area contributed by atoms with Crippen molar-refractivity contribution in [2.24, 2.45) is 0 Å². The Hall–Kier alpha value is -2.43. The molecule has 5 heteroatoms. The topological polar surface area (TPSA) is 72.5 Å². The van der Waals surface area contributed by atoms with Gasteiger partial charge in [-0.3, -0.25) is 4.79 Å². The van der Waals surface area contributed by atoms with Crippen LogP contribution in [0, 0.1) is 0 Å². The molecule has 1 amide bonds. The van der Waals surface area contributed by atoms with Gasteiger partial charge in [0.05, 0.1) is 7.11 Å². The molecule has 0 aliphatic heterocycles. The molecule has 1 aromatic carbocycles. The van der Waals surface area contributed by atoms with E-state index in [9.17, 15) is 9.59 Å². The van der Waals surface area contributed by atoms with Gasteiger partial charge in [0.25, 0.3) is 5.91 Å². The van der Waals surface area contributed by atoms with E-state index in [0.717, 1.165) is 6.42 Å². The standard InChI is InChI=1S/C12H15NO3.C4H8.2C2H6.CH2O/c1-3-10(12(15)16-2)13-11(14)9-7-5-4-6-8-9;1-3-4-2;3*1-2/h4-8,10H,3H2,1-2H3,(H,13,14);3H,1,4H2,2H3;2*1-2H3;1H2/t10-;;;;/m0..../s1. The average molecular weight is 368 g/mol. The molecule has 0 radical (unpaired) electrons. The molecule has 0 bridgehead atoms. The molecular formula is C21H37NO4. The van der Waals surface area contributed by atoms with Gasteiger partial charge < -0.3 is 14.8 Å². The number of benzene rings is 1. The summed E-state index contributed by atoms with van der Waals surface area (Å²) in [6.07, 6.45) is 3.46. The van der Waals surface area contributed by atoms with E-state index in [1.807, 2.05) is 53.6 Å². The number of hydrogen-bond acceptors (Lipinski definition) is 4. The molecule has 0 spiro atoms. The van der Waals surface area contributed by atoms with Gasteiger partial charge in [-0.05, 0) is 25.0 Å². The van der Waals surface area contributed by atoms with Crippen LogP contribution in [0.1, 0.15) is 64.7 Å². The lowest BCUT2D eigenvalue weighted by Gasteiger charge is -2.14. The molecule has 0 heterocycles. The number of ether oxygens (including phenoxy) is 1. The largest absolute Gasteiger partial charge is 0.467 e. The lowest BCUT2D eigenvalue weighted by atomic mass is 10.1. The lowest BCUT2D eigenvalue weighted by molar-refractivity contribution is -0.142. The summed E-state index contributed by atoms with van der Waals surface area (Å²) in [5.74, 6) is -0.690. The highest BCUT2D eigenvalue weighted by Crippen LogP contribution is 2.01. The Morgan fingerprint density at radius 3 is 1.81 bits per heavy atom. The Morgan fingerprint density at radius 2 is 1.50 bits per heavy atom. The van der Waals surface area contributed by atoms with Gasteiger partial charge in [-0.2, -0.15) is 0 Å². The zero-order valence-corrected chi connectivity index (χ0v) is 17.5. The predicted molar refractivity (Wildman–Crippen MR) is 110 cm³/mol. The Bertz CT molecular complexity index is 433. The molecule has 0 saturated carbocycles. The monoisotopic (exact) mass is 367 g/mol. The van der Waals surface area contributed by atoms with Gasteiger partial charge in [0.1, 0.15) is 12.8 Å². The summed E-state index contributed by atoms with van der Waals surface area (Å²) in [4.78, 5) is 31.0. The first-order valence-electron chi connectivity index (χ1n) is 8.94. The second kappa shape index (κ2) is 27.4. The normalized spacial score (nSPS) is 8.73. The van der Waals surface area contributed by atoms with Crippen molar-refractivity contribution in [1.29, 1.82) is 0 Å². The maximum atomic E-state index is 11.7. The molecule has 1 atom stereocenters. The van der Waals surface area contributed by atoms with Crippen molar-refractivity contribution in [2.75, 3.05) is 7.11 Å². The first kappa shape index (κ1) is 31.4. The minimum Gasteiger partial charge on any atom is -0.467 e. The number of carbonyl (C=O) groups excluding carboxylic acids is 3. The van der Waals surface area contributed by atoms with E-state index < -0.39 is 12.0 Å². The zero-order valence-electron chi connectivity index (χ0n) is 17.5. The molecule has 150 valence electrons. The van der Waals surface area contributed by atoms with Crippen molar-refractivity contribution in [3.63, 3.8) is 0 Å². The fraction of sp³-hybridized carbons (Fsp3) is 0.476. The summed E-state index contributed by atoms with van der Waals surface area (Å²) in [6.45, 7) is 17.4. The van der Waals surface area contributed by atoms with Crippen LogP contribution < -0.4 is 5.32 Å². The highest BCUT2D eigenvalue weighted by Gasteiger charge is 2.19. The van der Waals surface area contributed by atoms with Crippen LogP contribution >= 0.6 is 0 Å². The van der Waals surface area contributed by atoms with E-state index >= 15 is 0 Å². The van der Waals surface area contributed by atoms with Crippen molar-refractivity contribution in [1.82, 2.24) is 5.32 Å². The Kier molecular flexibility index (Phi) is 33.1. The van der Waals surface area contributed by atoms with E-state index in [2.05, 4.69) is 23.6 Å². The van der Waals surface area contributed by atoms with Crippen LogP contribution in [0.15, 0.2) is 43.0 Å². The number of carbonyl (C=O) groups is 3. The molecular weight excluding hydrogens is 330 g/mol. The molecule has 0 saturated heterocycles. The quantitative estimate of drug-likeness (QED) is 0.598. The molecule has 0 fully saturated rings. The lowest BCUT2D eigenvalue weighted by Crippen LogP contribution is -2.40. The van der Waals surface area contributed by atoms with Crippen LogP contribution in [0.4, 0.5) is 0 Å². The minimum atomic E-state index is -0.585. The number of esters is 1. The SMILES string of the molecule is C=CCC.C=O.CC.CC.CC[C@H](NC(=O)c1ccccc1)C(=O)OC. The van der Waals surface area contributed by atoms with Crippen LogP contribution in [-0.4, -0.2) is 31.8 Å². The minimum absolute atomic E-state index is 0.266. The Morgan fingerprint density at radius 1 is 1.08 bits per heavy atom. The number of allylic oxidation sites excluding steroid dienone is 1. The third kappa shape index (κ3) is 17.9. The van der Waals surface area contributed by atoms with E-state index in [4.69, 9.17) is 4.79 Å². The molecule has 0 unspecified atom stereocenters. The highest BCUT2D eigenvalue weighted by molar-refractivity contribution is 5.96. The van der Waals surface area contributed by atoms with Gasteiger partial charge in [-0.15, -0.1) is 6.58 Å². The van der Waals surface area contributed by atoms with Crippen molar-refractivity contribution >= 4 is 18.7 Å². The van der Waals surface area contributed by atoms with Crippen LogP contribution in [-0.2, 0) is 14.3 Å². The molecule has 1 N–H and O–H groups in total. The second-order valence-electron chi connectivity index (χ2n) is 4.02. The van der Waals surface area contributed by atoms with E-state index in [0.29, 0.717) is 12.0 Å². The summed E-state index contributed by atoms with van der Waals surface area (Å²) in [5.41, 5.74) is 0.532. The van der Waals surface area contributed by atoms with Crippen molar-refractivity contribution in [2.45, 2.75) is 60.4 Å². The first-order valence-corrected chi connectivity index (χ1v) is 8.94. The molecule has 0 aliphatic carbocycles. The van der Waals surface area contributed by atoms with Gasteiger partial charge in [0.2, 0.25) is 0 Å². The highest BCUT2D eigenvalue weighted by atomic mass is 16.5. The van der Waals surface area contributed by atoms with E-state index in [1.54, 1.807) is 24.3 Å². The number of amides is 1. The zero-order chi connectivity index (χ0) is 21.4. The van der Waals surface area contributed by atoms with Crippen LogP contribution in [0.5, 0.6) is 0 Å². The van der Waals surface area contributed by atoms with E-state index in [1.165, 1.54) is 7.11 Å². The van der Waals surface area contributed by atoms with Crippen molar-refractivity contribution in [3.05, 3.63) is 48.6 Å². The third-order valence-electron chi connectivity index (χ3n) is 2.52. The smallest absolute Gasteiger partial charge is 0.328 e. The van der Waals surface area contributed by atoms with E-state index in [-0.39, 0.29) is 5.91 Å². The second-order valence-corrected chi connectivity index (χ2v) is 4.02. The molecule has 1 aromatic rings. The summed E-state index contributed by atoms with van der Waals surface area (Å²) in [5, 5.41) is 2.62. The third-order valence-corrected chi connectivity index (χ3v) is 2.52. The van der Waals surface area contributed by atoms with Crippen molar-refractivity contribution < 1.29 is 19.1 Å². The van der Waals surface area contributed by atoms with Crippen molar-refractivity contribution in [3.8, 4) is 0 Å². The average Bonchev–Trinajstić information content (AvgIpc) is 2.76. The summed E-state index contributed by atoms with van der Waals surface area (Å²) in [6, 6.07) is 8.17. The van der Waals surface area contributed by atoms with Gasteiger partial charge in [0.15, 0.2) is 0 Å². The summed E-state index contributed by atoms with van der Waals surface area (Å²) in [7, 11) is 1.31. The van der Waals surface area contributed by atoms with Gasteiger partial charge in [0, 0.05) is 5.56 Å². The first-order chi connectivity index (χ1) is 12.6. The molecule has 0 aromatic heterocycles. The van der Waals surface area contributed by atoms with Gasteiger partial charge in [-0.25, -0.2) is 4.79 Å². The maximum absolute atomic E-state index is 11.7. The van der Waals surface area contributed by atoms with Crippen LogP contribution in [0.3, 0.4) is 0 Å². The number of methoxy groups -OCH3 is 1. The molecule has 0 aliphatic rings. The van der Waals surface area contributed by atoms with Gasteiger partial charge >= 0.3 is 5.97 Å². The fourth-order valence-corrected chi connectivity index (χ4v) is 1.30. The fourth-order valence-electron chi connectivity index (χ4n) is 1.30. The molecule has 1 rings (SSSR count). The van der Waals surface area contributed by atoms with Crippen LogP contribution in [0.2, 0.25) is 0 Å². The summed E-state index contributed by atoms with van der Waals surface area (Å²) < 4.78 is 4.59. The maximum Gasteiger partial charge on any atom is 0.328 e.